The van der Waals surface area contributed by atoms with Crippen LogP contribution < -0.4 is 5.32 Å². The molecule has 1 aliphatic rings. The molecule has 0 aliphatic carbocycles. The second-order valence-electron chi connectivity index (χ2n) is 7.93. The third kappa shape index (κ3) is 5.05. The quantitative estimate of drug-likeness (QED) is 0.475. The Hall–Kier alpha value is -2.89. The molecule has 1 N–H and O–H groups in total. The minimum Gasteiger partial charge on any atom is -0.385 e. The monoisotopic (exact) mass is 475 g/mol. The number of hydrogen-bond donors (Lipinski definition) is 1. The Labute approximate surface area is 191 Å². The molecule has 0 bridgehead atoms. The molecule has 3 aromatic rings. The highest BCUT2D eigenvalue weighted by Gasteiger charge is 2.39. The van der Waals surface area contributed by atoms with Gasteiger partial charge in [-0.2, -0.15) is 4.31 Å². The van der Waals surface area contributed by atoms with E-state index in [-0.39, 0.29) is 18.0 Å². The standard InChI is InChI=1S/C22H26FN5O4S/c1-32-12-4-10-27-20-9-8-18(14-19(20)25-26-27)33(30,31)28-11-3-7-21(28)22(29)24-15-16-5-2-6-17(23)13-16/h2,5-6,8-9,13-14,21H,3-4,7,10-12,15H2,1H3,(H,24,29)/t21-/m1/s1. The predicted octanol–water partition coefficient (Wildman–Crippen LogP) is 2.08. The number of amides is 1. The maximum atomic E-state index is 13.4. The molecule has 1 saturated heterocycles. The highest BCUT2D eigenvalue weighted by atomic mass is 32.2. The second kappa shape index (κ2) is 9.94. The lowest BCUT2D eigenvalue weighted by Gasteiger charge is -2.23. The molecule has 176 valence electrons. The number of nitrogens with one attached hydrogen (secondary N) is 1. The number of aryl methyl sites for hydroxylation is 1. The van der Waals surface area contributed by atoms with Gasteiger partial charge in [-0.15, -0.1) is 5.10 Å². The van der Waals surface area contributed by atoms with E-state index in [0.717, 1.165) is 11.9 Å². The zero-order valence-corrected chi connectivity index (χ0v) is 19.1. The van der Waals surface area contributed by atoms with Gasteiger partial charge in [0, 0.05) is 33.4 Å². The number of benzene rings is 2. The molecule has 1 atom stereocenters. The van der Waals surface area contributed by atoms with E-state index in [4.69, 9.17) is 4.74 Å². The Morgan fingerprint density at radius 3 is 2.91 bits per heavy atom. The molecule has 2 heterocycles. The summed E-state index contributed by atoms with van der Waals surface area (Å²) in [5, 5.41) is 10.9. The van der Waals surface area contributed by atoms with Gasteiger partial charge in [0.2, 0.25) is 15.9 Å². The molecule has 0 radical (unpaired) electrons. The van der Waals surface area contributed by atoms with E-state index in [1.807, 2.05) is 0 Å². The maximum Gasteiger partial charge on any atom is 0.243 e. The number of methoxy groups -OCH3 is 1. The molecular weight excluding hydrogens is 449 g/mol. The van der Waals surface area contributed by atoms with Crippen molar-refractivity contribution >= 4 is 27.0 Å². The molecule has 9 nitrogen and oxygen atoms in total. The predicted molar refractivity (Wildman–Crippen MR) is 119 cm³/mol. The lowest BCUT2D eigenvalue weighted by Crippen LogP contribution is -2.45. The number of nitrogens with zero attached hydrogens (tertiary/aromatic N) is 4. The van der Waals surface area contributed by atoms with Crippen LogP contribution in [0, 0.1) is 5.82 Å². The molecule has 0 spiro atoms. The van der Waals surface area contributed by atoms with Crippen LogP contribution in [0.15, 0.2) is 47.4 Å². The topological polar surface area (TPSA) is 106 Å². The van der Waals surface area contributed by atoms with Crippen molar-refractivity contribution in [3.8, 4) is 0 Å². The van der Waals surface area contributed by atoms with Gasteiger partial charge in [0.15, 0.2) is 0 Å². The van der Waals surface area contributed by atoms with E-state index < -0.39 is 27.8 Å². The summed E-state index contributed by atoms with van der Waals surface area (Å²) in [5.74, 6) is -0.789. The number of halogens is 1. The fraction of sp³-hybridized carbons (Fsp3) is 0.409. The maximum absolute atomic E-state index is 13.4. The molecule has 0 saturated carbocycles. The van der Waals surface area contributed by atoms with Crippen molar-refractivity contribution in [1.82, 2.24) is 24.6 Å². The lowest BCUT2D eigenvalue weighted by molar-refractivity contribution is -0.124. The number of hydrogen-bond acceptors (Lipinski definition) is 6. The average Bonchev–Trinajstić information content (AvgIpc) is 3.45. The smallest absolute Gasteiger partial charge is 0.243 e. The number of rotatable bonds is 9. The first-order valence-electron chi connectivity index (χ1n) is 10.8. The number of sulfonamides is 1. The number of carbonyl (C=O) groups is 1. The van der Waals surface area contributed by atoms with E-state index in [9.17, 15) is 17.6 Å². The van der Waals surface area contributed by atoms with E-state index in [1.165, 1.54) is 28.6 Å². The van der Waals surface area contributed by atoms with Crippen molar-refractivity contribution in [2.75, 3.05) is 20.3 Å². The molecule has 1 fully saturated rings. The van der Waals surface area contributed by atoms with Crippen LogP contribution in [0.2, 0.25) is 0 Å². The first-order chi connectivity index (χ1) is 15.9. The third-order valence-electron chi connectivity index (χ3n) is 5.67. The summed E-state index contributed by atoms with van der Waals surface area (Å²) in [6, 6.07) is 9.80. The normalized spacial score (nSPS) is 17.0. The summed E-state index contributed by atoms with van der Waals surface area (Å²) in [4.78, 5) is 12.9. The molecule has 1 aliphatic heterocycles. The van der Waals surface area contributed by atoms with E-state index in [2.05, 4.69) is 15.6 Å². The van der Waals surface area contributed by atoms with Gasteiger partial charge in [0.1, 0.15) is 17.4 Å². The summed E-state index contributed by atoms with van der Waals surface area (Å²) in [6.07, 6.45) is 1.76. The minimum atomic E-state index is -3.91. The van der Waals surface area contributed by atoms with Crippen molar-refractivity contribution in [3.63, 3.8) is 0 Å². The SMILES string of the molecule is COCCCn1nnc2cc(S(=O)(=O)N3CCC[C@@H]3C(=O)NCc3cccc(F)c3)ccc21. The average molecular weight is 476 g/mol. The Morgan fingerprint density at radius 2 is 2.12 bits per heavy atom. The number of ether oxygens (including phenoxy) is 1. The molecule has 11 heteroatoms. The van der Waals surface area contributed by atoms with Gasteiger partial charge >= 0.3 is 0 Å². The number of fused-ring (bicyclic) bond motifs is 1. The largest absolute Gasteiger partial charge is 0.385 e. The zero-order valence-electron chi connectivity index (χ0n) is 18.3. The van der Waals surface area contributed by atoms with Gasteiger partial charge < -0.3 is 10.1 Å². The van der Waals surface area contributed by atoms with Gasteiger partial charge in [-0.05, 0) is 55.2 Å². The van der Waals surface area contributed by atoms with Crippen molar-refractivity contribution in [2.45, 2.75) is 43.3 Å². The third-order valence-corrected chi connectivity index (χ3v) is 7.58. The summed E-state index contributed by atoms with van der Waals surface area (Å²) < 4.78 is 48.1. The molecule has 4 rings (SSSR count). The van der Waals surface area contributed by atoms with Crippen molar-refractivity contribution in [3.05, 3.63) is 53.8 Å². The summed E-state index contributed by atoms with van der Waals surface area (Å²) in [6.45, 7) is 1.57. The Morgan fingerprint density at radius 1 is 1.27 bits per heavy atom. The van der Waals surface area contributed by atoms with Crippen LogP contribution in [0.5, 0.6) is 0 Å². The summed E-state index contributed by atoms with van der Waals surface area (Å²) >= 11 is 0. The van der Waals surface area contributed by atoms with Crippen LogP contribution in [0.4, 0.5) is 4.39 Å². The minimum absolute atomic E-state index is 0.0729. The van der Waals surface area contributed by atoms with Crippen LogP contribution >= 0.6 is 0 Å². The van der Waals surface area contributed by atoms with Crippen molar-refractivity contribution < 1.29 is 22.3 Å². The van der Waals surface area contributed by atoms with Gasteiger partial charge in [-0.1, -0.05) is 17.3 Å². The molecule has 2 aromatic carbocycles. The van der Waals surface area contributed by atoms with Gasteiger partial charge in [0.05, 0.1) is 10.4 Å². The fourth-order valence-electron chi connectivity index (χ4n) is 4.02. The van der Waals surface area contributed by atoms with Crippen LogP contribution in [0.3, 0.4) is 0 Å². The van der Waals surface area contributed by atoms with Gasteiger partial charge in [-0.25, -0.2) is 17.5 Å². The van der Waals surface area contributed by atoms with Crippen LogP contribution in [-0.2, 0) is 32.6 Å². The zero-order chi connectivity index (χ0) is 23.4. The highest BCUT2D eigenvalue weighted by Crippen LogP contribution is 2.28. The molecule has 0 unspecified atom stereocenters. The van der Waals surface area contributed by atoms with Gasteiger partial charge in [0.25, 0.3) is 0 Å². The Kier molecular flexibility index (Phi) is 7.01. The van der Waals surface area contributed by atoms with Gasteiger partial charge in [-0.3, -0.25) is 4.79 Å². The summed E-state index contributed by atoms with van der Waals surface area (Å²) in [5.41, 5.74) is 1.81. The molecule has 1 amide bonds. The Bertz CT molecular complexity index is 1250. The number of aromatic nitrogens is 3. The number of carbonyl (C=O) groups excluding carboxylic acids is 1. The highest BCUT2D eigenvalue weighted by molar-refractivity contribution is 7.89. The van der Waals surface area contributed by atoms with Crippen molar-refractivity contribution in [1.29, 1.82) is 0 Å². The van der Waals surface area contributed by atoms with E-state index >= 15 is 0 Å². The van der Waals surface area contributed by atoms with E-state index in [0.29, 0.717) is 37.1 Å². The first-order valence-corrected chi connectivity index (χ1v) is 12.2. The van der Waals surface area contributed by atoms with Crippen molar-refractivity contribution in [2.24, 2.45) is 0 Å². The van der Waals surface area contributed by atoms with Crippen LogP contribution in [0.25, 0.3) is 11.0 Å². The lowest BCUT2D eigenvalue weighted by atomic mass is 10.2. The molecule has 33 heavy (non-hydrogen) atoms. The van der Waals surface area contributed by atoms with E-state index in [1.54, 1.807) is 30.0 Å². The molecular formula is C22H26FN5O4S. The molecule has 1 aromatic heterocycles. The Balaban J connectivity index is 1.49. The second-order valence-corrected chi connectivity index (χ2v) is 9.82. The fourth-order valence-corrected chi connectivity index (χ4v) is 5.69. The summed E-state index contributed by atoms with van der Waals surface area (Å²) in [7, 11) is -2.28. The van der Waals surface area contributed by atoms with Crippen LogP contribution in [-0.4, -0.2) is 59.9 Å². The van der Waals surface area contributed by atoms with Crippen LogP contribution in [0.1, 0.15) is 24.8 Å². The first kappa shape index (κ1) is 23.3.